The minimum absolute atomic E-state index is 0.159. The predicted molar refractivity (Wildman–Crippen MR) is 121 cm³/mol. The normalized spacial score (nSPS) is 17.8. The Morgan fingerprint density at radius 2 is 1.61 bits per heavy atom. The summed E-state index contributed by atoms with van der Waals surface area (Å²) in [7, 11) is 0. The maximum atomic E-state index is 13.3. The first-order chi connectivity index (χ1) is 15.1. The number of hydrogen-bond donors (Lipinski definition) is 1. The van der Waals surface area contributed by atoms with Crippen LogP contribution in [0.3, 0.4) is 0 Å². The van der Waals surface area contributed by atoms with Crippen LogP contribution in [0.2, 0.25) is 5.02 Å². The minimum Gasteiger partial charge on any atom is -0.320 e. The van der Waals surface area contributed by atoms with Crippen molar-refractivity contribution in [3.8, 4) is 0 Å². The highest BCUT2D eigenvalue weighted by Gasteiger charge is 2.34. The summed E-state index contributed by atoms with van der Waals surface area (Å²) in [6, 6.07) is 23.6. The van der Waals surface area contributed by atoms with Crippen LogP contribution >= 0.6 is 11.6 Å². The van der Waals surface area contributed by atoms with Gasteiger partial charge in [0.1, 0.15) is 5.70 Å². The lowest BCUT2D eigenvalue weighted by atomic mass is 10.1. The summed E-state index contributed by atoms with van der Waals surface area (Å²) < 4.78 is 0. The lowest BCUT2D eigenvalue weighted by Crippen LogP contribution is -2.30. The highest BCUT2D eigenvalue weighted by molar-refractivity contribution is 6.54. The van der Waals surface area contributed by atoms with E-state index in [1.54, 1.807) is 30.3 Å². The maximum Gasteiger partial charge on any atom is 0.298 e. The lowest BCUT2D eigenvalue weighted by molar-refractivity contribution is -0.122. The third-order valence-electron chi connectivity index (χ3n) is 4.91. The number of nitrogens with zero attached hydrogens (tertiary/aromatic N) is 3. The van der Waals surface area contributed by atoms with E-state index < -0.39 is 5.91 Å². The number of amidine groups is 1. The zero-order valence-electron chi connectivity index (χ0n) is 16.1. The van der Waals surface area contributed by atoms with E-state index in [-0.39, 0.29) is 17.3 Å². The van der Waals surface area contributed by atoms with Crippen LogP contribution in [-0.2, 0) is 9.59 Å². The van der Waals surface area contributed by atoms with Crippen molar-refractivity contribution in [3.63, 3.8) is 0 Å². The maximum absolute atomic E-state index is 13.3. The molecule has 0 bridgehead atoms. The number of halogens is 1. The molecule has 5 rings (SSSR count). The molecular weight excluding hydrogens is 412 g/mol. The molecule has 0 aromatic heterocycles. The molecule has 7 heteroatoms. The Morgan fingerprint density at radius 3 is 2.42 bits per heavy atom. The molecule has 0 fully saturated rings. The summed E-state index contributed by atoms with van der Waals surface area (Å²) in [4.78, 5) is 30.3. The van der Waals surface area contributed by atoms with Gasteiger partial charge in [-0.05, 0) is 23.8 Å². The molecule has 0 unspecified atom stereocenters. The molecule has 0 saturated carbocycles. The first-order valence-corrected chi connectivity index (χ1v) is 9.94. The molecule has 2 aliphatic rings. The molecule has 1 N–H and O–H groups in total. The van der Waals surface area contributed by atoms with E-state index in [4.69, 9.17) is 11.6 Å². The number of carbonyl (C=O) groups is 2. The van der Waals surface area contributed by atoms with Crippen molar-refractivity contribution in [2.75, 3.05) is 5.32 Å². The number of hydrazone groups is 1. The Labute approximate surface area is 183 Å². The van der Waals surface area contributed by atoms with Gasteiger partial charge in [0.25, 0.3) is 11.8 Å². The number of amides is 2. The van der Waals surface area contributed by atoms with Gasteiger partial charge >= 0.3 is 0 Å². The molecular formula is C24H15ClN4O2. The summed E-state index contributed by atoms with van der Waals surface area (Å²) in [5, 5.41) is 8.89. The number of para-hydroxylation sites is 1. The molecule has 0 radical (unpaired) electrons. The van der Waals surface area contributed by atoms with E-state index in [1.165, 1.54) is 5.01 Å². The number of carbonyl (C=O) groups excluding carboxylic acids is 2. The van der Waals surface area contributed by atoms with Crippen molar-refractivity contribution in [1.82, 2.24) is 5.01 Å². The van der Waals surface area contributed by atoms with Gasteiger partial charge in [-0.25, -0.2) is 4.99 Å². The molecule has 2 heterocycles. The third-order valence-corrected chi connectivity index (χ3v) is 5.26. The second kappa shape index (κ2) is 7.66. The van der Waals surface area contributed by atoms with Crippen LogP contribution in [0.15, 0.2) is 94.7 Å². The van der Waals surface area contributed by atoms with Crippen LogP contribution in [0.1, 0.15) is 16.7 Å². The lowest BCUT2D eigenvalue weighted by Gasteiger charge is -2.13. The molecule has 2 amide bonds. The third kappa shape index (κ3) is 3.43. The van der Waals surface area contributed by atoms with Crippen molar-refractivity contribution < 1.29 is 9.59 Å². The topological polar surface area (TPSA) is 74.1 Å². The molecule has 2 aliphatic heterocycles. The molecule has 0 saturated heterocycles. The van der Waals surface area contributed by atoms with Gasteiger partial charge in [0.2, 0.25) is 0 Å². The van der Waals surface area contributed by atoms with Gasteiger partial charge in [-0.15, -0.1) is 0 Å². The number of nitrogens with one attached hydrogen (secondary N) is 1. The smallest absolute Gasteiger partial charge is 0.298 e. The van der Waals surface area contributed by atoms with Gasteiger partial charge in [0.15, 0.2) is 11.5 Å². The summed E-state index contributed by atoms with van der Waals surface area (Å²) in [5.74, 6) is -0.470. The van der Waals surface area contributed by atoms with Gasteiger partial charge in [-0.1, -0.05) is 78.3 Å². The van der Waals surface area contributed by atoms with Crippen molar-refractivity contribution in [2.45, 2.75) is 0 Å². The van der Waals surface area contributed by atoms with E-state index in [2.05, 4.69) is 15.4 Å². The summed E-state index contributed by atoms with van der Waals surface area (Å²) in [6.45, 7) is 0. The van der Waals surface area contributed by atoms with Gasteiger partial charge in [0, 0.05) is 16.1 Å². The van der Waals surface area contributed by atoms with Crippen molar-refractivity contribution in [1.29, 1.82) is 0 Å². The molecule has 6 nitrogen and oxygen atoms in total. The molecule has 31 heavy (non-hydrogen) atoms. The van der Waals surface area contributed by atoms with Crippen LogP contribution in [0.5, 0.6) is 0 Å². The summed E-state index contributed by atoms with van der Waals surface area (Å²) in [5.41, 5.74) is 3.00. The molecule has 0 aliphatic carbocycles. The average molecular weight is 427 g/mol. The van der Waals surface area contributed by atoms with Crippen molar-refractivity contribution >= 4 is 46.7 Å². The number of fused-ring (bicyclic) bond motifs is 1. The monoisotopic (exact) mass is 426 g/mol. The van der Waals surface area contributed by atoms with Crippen LogP contribution in [0.4, 0.5) is 5.69 Å². The fraction of sp³-hybridized carbons (Fsp3) is 0. The van der Waals surface area contributed by atoms with E-state index in [0.29, 0.717) is 33.2 Å². The number of aliphatic imine (C=N–C) groups is 1. The highest BCUT2D eigenvalue weighted by Crippen LogP contribution is 2.28. The molecule has 3 aromatic carbocycles. The number of rotatable bonds is 3. The van der Waals surface area contributed by atoms with Gasteiger partial charge in [-0.3, -0.25) is 9.59 Å². The zero-order valence-corrected chi connectivity index (χ0v) is 16.9. The van der Waals surface area contributed by atoms with E-state index in [1.807, 2.05) is 54.6 Å². The SMILES string of the molecule is O=C1Nc2ccccc2/C1=N/N1C(=O)/C(=C/c2ccccc2Cl)N=C1c1ccccc1. The Bertz CT molecular complexity index is 1310. The number of benzene rings is 3. The van der Waals surface area contributed by atoms with Gasteiger partial charge < -0.3 is 5.32 Å². The van der Waals surface area contributed by atoms with Crippen LogP contribution in [-0.4, -0.2) is 28.4 Å². The quantitative estimate of drug-likeness (QED) is 0.633. The van der Waals surface area contributed by atoms with Crippen LogP contribution in [0.25, 0.3) is 6.08 Å². The Balaban J connectivity index is 1.63. The zero-order chi connectivity index (χ0) is 21.4. The fourth-order valence-electron chi connectivity index (χ4n) is 3.42. The molecule has 150 valence electrons. The van der Waals surface area contributed by atoms with Crippen molar-refractivity contribution in [3.05, 3.63) is 106 Å². The number of anilines is 1. The van der Waals surface area contributed by atoms with Gasteiger partial charge in [-0.2, -0.15) is 10.1 Å². The average Bonchev–Trinajstić information content (AvgIpc) is 3.27. The van der Waals surface area contributed by atoms with E-state index in [9.17, 15) is 9.59 Å². The molecule has 0 atom stereocenters. The Kier molecular flexibility index (Phi) is 4.69. The first kappa shape index (κ1) is 19.0. The second-order valence-corrected chi connectivity index (χ2v) is 7.32. The van der Waals surface area contributed by atoms with Crippen molar-refractivity contribution in [2.24, 2.45) is 10.1 Å². The molecule has 3 aromatic rings. The Morgan fingerprint density at radius 1 is 0.903 bits per heavy atom. The van der Waals surface area contributed by atoms with Crippen LogP contribution in [0, 0.1) is 0 Å². The summed E-state index contributed by atoms with van der Waals surface area (Å²) >= 11 is 6.25. The van der Waals surface area contributed by atoms with Gasteiger partial charge in [0.05, 0.1) is 5.69 Å². The second-order valence-electron chi connectivity index (χ2n) is 6.92. The van der Waals surface area contributed by atoms with E-state index >= 15 is 0 Å². The minimum atomic E-state index is -0.441. The first-order valence-electron chi connectivity index (χ1n) is 9.56. The fourth-order valence-corrected chi connectivity index (χ4v) is 3.61. The standard InChI is InChI=1S/C24H15ClN4O2/c25-18-12-6-4-10-16(18)14-20-24(31)29(22(26-20)15-8-2-1-3-9-15)28-21-17-11-5-7-13-19(17)27-23(21)30/h1-14H,(H,27,28,30)/b20-14-. The predicted octanol–water partition coefficient (Wildman–Crippen LogP) is 4.33. The molecule has 0 spiro atoms. The largest absolute Gasteiger partial charge is 0.320 e. The number of hydrogen-bond acceptors (Lipinski definition) is 4. The Hall–Kier alpha value is -4.03. The van der Waals surface area contributed by atoms with E-state index in [0.717, 1.165) is 0 Å². The van der Waals surface area contributed by atoms with Crippen LogP contribution < -0.4 is 5.32 Å². The highest BCUT2D eigenvalue weighted by atomic mass is 35.5. The summed E-state index contributed by atoms with van der Waals surface area (Å²) in [6.07, 6.45) is 1.62.